The van der Waals surface area contributed by atoms with E-state index < -0.39 is 10.0 Å². The SMILES string of the molecule is CN(C)S(=O)(=O)c1ccc(CNCc2ccccc2N2CCOCC2)cc1. The van der Waals surface area contributed by atoms with Gasteiger partial charge < -0.3 is 15.0 Å². The predicted octanol–water partition coefficient (Wildman–Crippen LogP) is 2.06. The van der Waals surface area contributed by atoms with Gasteiger partial charge in [0.2, 0.25) is 10.0 Å². The van der Waals surface area contributed by atoms with Gasteiger partial charge in [-0.15, -0.1) is 0 Å². The first-order chi connectivity index (χ1) is 13.0. The van der Waals surface area contributed by atoms with Gasteiger partial charge in [-0.1, -0.05) is 30.3 Å². The molecule has 0 saturated carbocycles. The fraction of sp³-hybridized carbons (Fsp3) is 0.400. The number of morpholine rings is 1. The summed E-state index contributed by atoms with van der Waals surface area (Å²) in [6.07, 6.45) is 0. The van der Waals surface area contributed by atoms with E-state index in [0.717, 1.165) is 38.4 Å². The topological polar surface area (TPSA) is 61.9 Å². The van der Waals surface area contributed by atoms with Crippen molar-refractivity contribution in [1.82, 2.24) is 9.62 Å². The van der Waals surface area contributed by atoms with E-state index in [1.165, 1.54) is 29.7 Å². The lowest BCUT2D eigenvalue weighted by Gasteiger charge is -2.30. The van der Waals surface area contributed by atoms with Crippen LogP contribution in [0.25, 0.3) is 0 Å². The van der Waals surface area contributed by atoms with Gasteiger partial charge in [0.15, 0.2) is 0 Å². The lowest BCUT2D eigenvalue weighted by atomic mass is 10.1. The standard InChI is InChI=1S/C20H27N3O3S/c1-22(2)27(24,25)19-9-7-17(8-10-19)15-21-16-18-5-3-4-6-20(18)23-11-13-26-14-12-23/h3-10,21H,11-16H2,1-2H3. The Hall–Kier alpha value is -1.93. The van der Waals surface area contributed by atoms with Crippen LogP contribution in [0.2, 0.25) is 0 Å². The highest BCUT2D eigenvalue weighted by atomic mass is 32.2. The van der Waals surface area contributed by atoms with Crippen LogP contribution in [0.1, 0.15) is 11.1 Å². The molecular weight excluding hydrogens is 362 g/mol. The Kier molecular flexibility index (Phi) is 6.49. The molecule has 146 valence electrons. The zero-order chi connectivity index (χ0) is 19.3. The number of nitrogens with one attached hydrogen (secondary N) is 1. The van der Waals surface area contributed by atoms with Gasteiger partial charge >= 0.3 is 0 Å². The van der Waals surface area contributed by atoms with Gasteiger partial charge in [-0.2, -0.15) is 0 Å². The molecule has 0 aromatic heterocycles. The van der Waals surface area contributed by atoms with Gasteiger partial charge in [-0.3, -0.25) is 0 Å². The summed E-state index contributed by atoms with van der Waals surface area (Å²) in [4.78, 5) is 2.68. The quantitative estimate of drug-likeness (QED) is 0.785. The molecule has 0 bridgehead atoms. The Morgan fingerprint density at radius 1 is 1.00 bits per heavy atom. The first-order valence-corrected chi connectivity index (χ1v) is 10.6. The van der Waals surface area contributed by atoms with Crippen LogP contribution >= 0.6 is 0 Å². The molecule has 0 aliphatic carbocycles. The molecule has 0 radical (unpaired) electrons. The average molecular weight is 390 g/mol. The normalized spacial score (nSPS) is 15.3. The number of rotatable bonds is 7. The van der Waals surface area contributed by atoms with E-state index in [2.05, 4.69) is 34.5 Å². The zero-order valence-corrected chi connectivity index (χ0v) is 16.7. The highest BCUT2D eigenvalue weighted by Crippen LogP contribution is 2.21. The van der Waals surface area contributed by atoms with E-state index in [9.17, 15) is 8.42 Å². The maximum atomic E-state index is 12.1. The van der Waals surface area contributed by atoms with Gasteiger partial charge in [0.1, 0.15) is 0 Å². The molecule has 0 atom stereocenters. The monoisotopic (exact) mass is 389 g/mol. The molecule has 0 unspecified atom stereocenters. The first-order valence-electron chi connectivity index (χ1n) is 9.11. The summed E-state index contributed by atoms with van der Waals surface area (Å²) in [5.74, 6) is 0. The molecule has 1 aliphatic heterocycles. The van der Waals surface area contributed by atoms with Crippen molar-refractivity contribution in [3.63, 3.8) is 0 Å². The van der Waals surface area contributed by atoms with Gasteiger partial charge in [-0.25, -0.2) is 12.7 Å². The van der Waals surface area contributed by atoms with E-state index in [0.29, 0.717) is 11.4 Å². The number of hydrogen-bond acceptors (Lipinski definition) is 5. The largest absolute Gasteiger partial charge is 0.378 e. The summed E-state index contributed by atoms with van der Waals surface area (Å²) < 4.78 is 30.9. The van der Waals surface area contributed by atoms with Crippen LogP contribution in [0.5, 0.6) is 0 Å². The second kappa shape index (κ2) is 8.84. The molecule has 0 spiro atoms. The fourth-order valence-electron chi connectivity index (χ4n) is 3.10. The first kappa shape index (κ1) is 19.8. The van der Waals surface area contributed by atoms with Crippen LogP contribution in [0.15, 0.2) is 53.4 Å². The highest BCUT2D eigenvalue weighted by Gasteiger charge is 2.17. The van der Waals surface area contributed by atoms with E-state index >= 15 is 0 Å². The fourth-order valence-corrected chi connectivity index (χ4v) is 4.01. The van der Waals surface area contributed by atoms with Gasteiger partial charge in [0.25, 0.3) is 0 Å². The van der Waals surface area contributed by atoms with Crippen LogP contribution in [-0.2, 0) is 27.8 Å². The Morgan fingerprint density at radius 2 is 1.67 bits per heavy atom. The summed E-state index contributed by atoms with van der Waals surface area (Å²) >= 11 is 0. The number of anilines is 1. The van der Waals surface area contributed by atoms with Crippen molar-refractivity contribution in [3.8, 4) is 0 Å². The third-order valence-corrected chi connectivity index (χ3v) is 6.52. The molecule has 3 rings (SSSR count). The molecule has 1 N–H and O–H groups in total. The third-order valence-electron chi connectivity index (χ3n) is 4.69. The molecule has 1 saturated heterocycles. The minimum atomic E-state index is -3.38. The van der Waals surface area contributed by atoms with Crippen molar-refractivity contribution in [2.24, 2.45) is 0 Å². The number of para-hydroxylation sites is 1. The molecule has 1 fully saturated rings. The summed E-state index contributed by atoms with van der Waals surface area (Å²) in [6, 6.07) is 15.5. The van der Waals surface area contributed by atoms with E-state index in [-0.39, 0.29) is 0 Å². The molecular formula is C20H27N3O3S. The van der Waals surface area contributed by atoms with Crippen molar-refractivity contribution in [2.45, 2.75) is 18.0 Å². The maximum absolute atomic E-state index is 12.1. The Morgan fingerprint density at radius 3 is 2.33 bits per heavy atom. The summed E-state index contributed by atoms with van der Waals surface area (Å²) in [5.41, 5.74) is 3.56. The number of sulfonamides is 1. The Balaban J connectivity index is 1.60. The van der Waals surface area contributed by atoms with Gasteiger partial charge in [-0.05, 0) is 29.3 Å². The second-order valence-electron chi connectivity index (χ2n) is 6.76. The predicted molar refractivity (Wildman–Crippen MR) is 107 cm³/mol. The number of hydrogen-bond donors (Lipinski definition) is 1. The Bertz CT molecular complexity index is 845. The number of nitrogens with zero attached hydrogens (tertiary/aromatic N) is 2. The van der Waals surface area contributed by atoms with Crippen molar-refractivity contribution in [2.75, 3.05) is 45.3 Å². The van der Waals surface area contributed by atoms with Crippen LogP contribution < -0.4 is 10.2 Å². The smallest absolute Gasteiger partial charge is 0.242 e. The van der Waals surface area contributed by atoms with Gasteiger partial charge in [0.05, 0.1) is 18.1 Å². The van der Waals surface area contributed by atoms with Crippen molar-refractivity contribution >= 4 is 15.7 Å². The summed E-state index contributed by atoms with van der Waals surface area (Å²) in [7, 11) is -0.301. The molecule has 0 amide bonds. The van der Waals surface area contributed by atoms with Crippen molar-refractivity contribution in [1.29, 1.82) is 0 Å². The maximum Gasteiger partial charge on any atom is 0.242 e. The van der Waals surface area contributed by atoms with Crippen LogP contribution in [0.3, 0.4) is 0 Å². The van der Waals surface area contributed by atoms with E-state index in [4.69, 9.17) is 4.74 Å². The second-order valence-corrected chi connectivity index (χ2v) is 8.91. The summed E-state index contributed by atoms with van der Waals surface area (Å²) in [5, 5.41) is 3.46. The van der Waals surface area contributed by atoms with Crippen LogP contribution in [0.4, 0.5) is 5.69 Å². The Labute approximate surface area is 161 Å². The third kappa shape index (κ3) is 4.87. The zero-order valence-electron chi connectivity index (χ0n) is 15.9. The van der Waals surface area contributed by atoms with E-state index in [1.807, 2.05) is 12.1 Å². The molecule has 1 aliphatic rings. The molecule has 2 aromatic carbocycles. The van der Waals surface area contributed by atoms with E-state index in [1.54, 1.807) is 12.1 Å². The van der Waals surface area contributed by atoms with Crippen molar-refractivity contribution < 1.29 is 13.2 Å². The number of benzene rings is 2. The van der Waals surface area contributed by atoms with Crippen molar-refractivity contribution in [3.05, 3.63) is 59.7 Å². The molecule has 2 aromatic rings. The lowest BCUT2D eigenvalue weighted by molar-refractivity contribution is 0.122. The molecule has 6 nitrogen and oxygen atoms in total. The molecule has 7 heteroatoms. The lowest BCUT2D eigenvalue weighted by Crippen LogP contribution is -2.37. The van der Waals surface area contributed by atoms with Crippen LogP contribution in [-0.4, -0.2) is 53.1 Å². The average Bonchev–Trinajstić information content (AvgIpc) is 2.69. The summed E-state index contributed by atoms with van der Waals surface area (Å²) in [6.45, 7) is 4.80. The van der Waals surface area contributed by atoms with Gasteiger partial charge in [0, 0.05) is 46.0 Å². The minimum Gasteiger partial charge on any atom is -0.378 e. The molecule has 27 heavy (non-hydrogen) atoms. The highest BCUT2D eigenvalue weighted by molar-refractivity contribution is 7.89. The number of ether oxygens (including phenoxy) is 1. The minimum absolute atomic E-state index is 0.314. The molecule has 1 heterocycles. The van der Waals surface area contributed by atoms with Crippen LogP contribution in [0, 0.1) is 0 Å².